The summed E-state index contributed by atoms with van der Waals surface area (Å²) in [6.07, 6.45) is 2.31. The van der Waals surface area contributed by atoms with Crippen LogP contribution in [0.25, 0.3) is 10.9 Å². The summed E-state index contributed by atoms with van der Waals surface area (Å²) in [5.74, 6) is 1.09. The van der Waals surface area contributed by atoms with Gasteiger partial charge in [0.2, 0.25) is 0 Å². The highest BCUT2D eigenvalue weighted by Crippen LogP contribution is 2.26. The number of hydrogen-bond donors (Lipinski definition) is 2. The van der Waals surface area contributed by atoms with E-state index in [1.807, 2.05) is 0 Å². The monoisotopic (exact) mass is 456 g/mol. The number of benzene rings is 1. The maximum absolute atomic E-state index is 5.51. The molecule has 0 bridgehead atoms. The minimum absolute atomic E-state index is 0.684. The lowest BCUT2D eigenvalue weighted by molar-refractivity contribution is 0.270. The molecule has 0 unspecified atom stereocenters. The Kier molecular flexibility index (Phi) is 9.51. The number of pyridine rings is 1. The molecule has 0 radical (unpaired) electrons. The fraction of sp³-hybridized carbons (Fsp3) is 0.600. The third-order valence-corrected chi connectivity index (χ3v) is 6.73. The van der Waals surface area contributed by atoms with Gasteiger partial charge in [-0.2, -0.15) is 0 Å². The highest BCUT2D eigenvalue weighted by Gasteiger charge is 2.17. The van der Waals surface area contributed by atoms with Crippen LogP contribution in [-0.2, 0) is 0 Å². The van der Waals surface area contributed by atoms with Crippen molar-refractivity contribution < 1.29 is 0 Å². The molecule has 1 aliphatic rings. The molecule has 176 valence electrons. The van der Waals surface area contributed by atoms with Crippen LogP contribution in [0.15, 0.2) is 24.3 Å². The Labute approximate surface area is 199 Å². The van der Waals surface area contributed by atoms with Crippen molar-refractivity contribution in [3.63, 3.8) is 0 Å². The number of fused-ring (bicyclic) bond motifs is 1. The van der Waals surface area contributed by atoms with Crippen LogP contribution >= 0.6 is 12.2 Å². The van der Waals surface area contributed by atoms with Gasteiger partial charge in [0.05, 0.1) is 5.52 Å². The molecule has 2 aromatic rings. The van der Waals surface area contributed by atoms with E-state index in [-0.39, 0.29) is 0 Å². The molecule has 1 aromatic carbocycles. The molecule has 2 heterocycles. The largest absolute Gasteiger partial charge is 0.362 e. The van der Waals surface area contributed by atoms with Crippen molar-refractivity contribution in [1.82, 2.24) is 20.1 Å². The highest BCUT2D eigenvalue weighted by atomic mass is 32.1. The smallest absolute Gasteiger partial charge is 0.170 e. The van der Waals surface area contributed by atoms with Gasteiger partial charge in [-0.25, -0.2) is 4.98 Å². The first-order valence-corrected chi connectivity index (χ1v) is 12.6. The van der Waals surface area contributed by atoms with Gasteiger partial charge in [0.15, 0.2) is 5.11 Å². The number of nitrogens with zero attached hydrogens (tertiary/aromatic N) is 4. The van der Waals surface area contributed by atoms with E-state index in [1.54, 1.807) is 0 Å². The molecule has 1 fully saturated rings. The summed E-state index contributed by atoms with van der Waals surface area (Å²) in [5, 5.41) is 8.54. The molecule has 1 aliphatic heterocycles. The number of hydrogen-bond acceptors (Lipinski definition) is 5. The lowest BCUT2D eigenvalue weighted by Gasteiger charge is -2.35. The number of aromatic nitrogens is 1. The van der Waals surface area contributed by atoms with Gasteiger partial charge in [-0.15, -0.1) is 0 Å². The zero-order valence-corrected chi connectivity index (χ0v) is 21.1. The van der Waals surface area contributed by atoms with E-state index in [9.17, 15) is 0 Å². The third-order valence-electron chi connectivity index (χ3n) is 6.48. The minimum Gasteiger partial charge on any atom is -0.362 e. The standard InChI is InChI=1S/C25H40N6S/c1-5-29(6-2)13-9-8-12-26-25(32)27-21-10-11-23-22(19-21)20(4)18-24(28-23)31-16-14-30(7-3)15-17-31/h10-11,18-19H,5-9,12-17H2,1-4H3,(H2,26,27,32). The van der Waals surface area contributed by atoms with E-state index in [1.165, 1.54) is 17.4 Å². The molecule has 32 heavy (non-hydrogen) atoms. The van der Waals surface area contributed by atoms with Crippen LogP contribution in [0.4, 0.5) is 11.5 Å². The SMILES string of the molecule is CCN(CC)CCCCNC(=S)Nc1ccc2nc(N3CCN(CC)CC3)cc(C)c2c1. The summed E-state index contributed by atoms with van der Waals surface area (Å²) in [4.78, 5) is 12.3. The third kappa shape index (κ3) is 6.77. The maximum Gasteiger partial charge on any atom is 0.170 e. The number of piperazine rings is 1. The average Bonchev–Trinajstić information content (AvgIpc) is 2.81. The van der Waals surface area contributed by atoms with Crippen LogP contribution < -0.4 is 15.5 Å². The van der Waals surface area contributed by atoms with Gasteiger partial charge in [-0.05, 0) is 88.0 Å². The Morgan fingerprint density at radius 1 is 1.06 bits per heavy atom. The molecule has 0 aliphatic carbocycles. The van der Waals surface area contributed by atoms with E-state index in [2.05, 4.69) is 77.3 Å². The van der Waals surface area contributed by atoms with Crippen LogP contribution in [0.5, 0.6) is 0 Å². The van der Waals surface area contributed by atoms with Crippen molar-refractivity contribution in [2.45, 2.75) is 40.5 Å². The molecule has 0 saturated carbocycles. The summed E-state index contributed by atoms with van der Waals surface area (Å²) in [6, 6.07) is 8.55. The van der Waals surface area contributed by atoms with Crippen molar-refractivity contribution in [3.8, 4) is 0 Å². The number of aryl methyl sites for hydroxylation is 1. The fourth-order valence-corrected chi connectivity index (χ4v) is 4.51. The van der Waals surface area contributed by atoms with Crippen LogP contribution in [0, 0.1) is 6.92 Å². The number of likely N-dealkylation sites (N-methyl/N-ethyl adjacent to an activating group) is 1. The molecule has 2 N–H and O–H groups in total. The Morgan fingerprint density at radius 3 is 2.50 bits per heavy atom. The first-order chi connectivity index (χ1) is 15.5. The van der Waals surface area contributed by atoms with Gasteiger partial charge >= 0.3 is 0 Å². The highest BCUT2D eigenvalue weighted by molar-refractivity contribution is 7.80. The zero-order valence-electron chi connectivity index (χ0n) is 20.3. The topological polar surface area (TPSA) is 46.7 Å². The van der Waals surface area contributed by atoms with Crippen molar-refractivity contribution >= 4 is 39.7 Å². The molecule has 1 saturated heterocycles. The minimum atomic E-state index is 0.684. The molecule has 0 atom stereocenters. The second-order valence-electron chi connectivity index (χ2n) is 8.57. The van der Waals surface area contributed by atoms with Crippen LogP contribution in [-0.4, -0.2) is 78.8 Å². The fourth-order valence-electron chi connectivity index (χ4n) is 4.29. The number of nitrogens with one attached hydrogen (secondary N) is 2. The normalized spacial score (nSPS) is 14.8. The van der Waals surface area contributed by atoms with Gasteiger partial charge < -0.3 is 25.3 Å². The van der Waals surface area contributed by atoms with Crippen LogP contribution in [0.1, 0.15) is 39.2 Å². The van der Waals surface area contributed by atoms with E-state index in [0.717, 1.165) is 82.3 Å². The number of rotatable bonds is 10. The average molecular weight is 457 g/mol. The first kappa shape index (κ1) is 24.7. The molecular weight excluding hydrogens is 416 g/mol. The van der Waals surface area contributed by atoms with Crippen molar-refractivity contribution in [3.05, 3.63) is 29.8 Å². The summed E-state index contributed by atoms with van der Waals surface area (Å²) >= 11 is 5.51. The van der Waals surface area contributed by atoms with Gasteiger partial charge in [0.1, 0.15) is 5.82 Å². The first-order valence-electron chi connectivity index (χ1n) is 12.2. The molecule has 6 nitrogen and oxygen atoms in total. The molecule has 1 aromatic heterocycles. The van der Waals surface area contributed by atoms with Gasteiger partial charge in [-0.1, -0.05) is 20.8 Å². The maximum atomic E-state index is 5.51. The van der Waals surface area contributed by atoms with E-state index >= 15 is 0 Å². The van der Waals surface area contributed by atoms with Crippen molar-refractivity contribution in [2.75, 3.05) is 69.1 Å². The Bertz CT molecular complexity index is 874. The molecular formula is C25H40N6S. The predicted octanol–water partition coefficient (Wildman–Crippen LogP) is 4.09. The molecule has 7 heteroatoms. The summed E-state index contributed by atoms with van der Waals surface area (Å²) in [6.45, 7) is 18.6. The van der Waals surface area contributed by atoms with Gasteiger partial charge in [0.25, 0.3) is 0 Å². The van der Waals surface area contributed by atoms with Gasteiger partial charge in [0, 0.05) is 43.8 Å². The van der Waals surface area contributed by atoms with Gasteiger partial charge in [-0.3, -0.25) is 0 Å². The van der Waals surface area contributed by atoms with Crippen LogP contribution in [0.2, 0.25) is 0 Å². The second kappa shape index (κ2) is 12.3. The van der Waals surface area contributed by atoms with Crippen molar-refractivity contribution in [2.24, 2.45) is 0 Å². The molecule has 0 spiro atoms. The van der Waals surface area contributed by atoms with Crippen molar-refractivity contribution in [1.29, 1.82) is 0 Å². The van der Waals surface area contributed by atoms with E-state index in [4.69, 9.17) is 17.2 Å². The predicted molar refractivity (Wildman–Crippen MR) is 142 cm³/mol. The lowest BCUT2D eigenvalue weighted by Crippen LogP contribution is -2.46. The molecule has 3 rings (SSSR count). The van der Waals surface area contributed by atoms with E-state index in [0.29, 0.717) is 5.11 Å². The second-order valence-corrected chi connectivity index (χ2v) is 8.97. The van der Waals surface area contributed by atoms with E-state index < -0.39 is 0 Å². The Balaban J connectivity index is 1.54. The summed E-state index contributed by atoms with van der Waals surface area (Å²) < 4.78 is 0. The Hall–Kier alpha value is -1.96. The summed E-state index contributed by atoms with van der Waals surface area (Å²) in [7, 11) is 0. The number of thiocarbonyl (C=S) groups is 1. The quantitative estimate of drug-likeness (QED) is 0.412. The lowest BCUT2D eigenvalue weighted by atomic mass is 10.1. The zero-order chi connectivity index (χ0) is 22.9. The van der Waals surface area contributed by atoms with Crippen LogP contribution in [0.3, 0.4) is 0 Å². The number of anilines is 2. The summed E-state index contributed by atoms with van der Waals surface area (Å²) in [5.41, 5.74) is 3.30. The Morgan fingerprint density at radius 2 is 1.81 bits per heavy atom. The molecule has 0 amide bonds. The number of unbranched alkanes of at least 4 members (excludes halogenated alkanes) is 1.